The number of para-hydroxylation sites is 1. The molecule has 0 saturated heterocycles. The third kappa shape index (κ3) is 2.04. The number of hydrogen-bond donors (Lipinski definition) is 1. The molecule has 3 rings (SSSR count). The average molecular weight is 279 g/mol. The second kappa shape index (κ2) is 5.16. The Morgan fingerprint density at radius 1 is 0.950 bits per heavy atom. The van der Waals surface area contributed by atoms with Crippen molar-refractivity contribution in [2.24, 2.45) is 0 Å². The molecule has 0 bridgehead atoms. The molecule has 4 heteroatoms. The van der Waals surface area contributed by atoms with Gasteiger partial charge in [0.15, 0.2) is 10.9 Å². The first-order valence-electron chi connectivity index (χ1n) is 6.10. The molecule has 3 nitrogen and oxygen atoms in total. The number of hydrogen-bond acceptors (Lipinski definition) is 3. The number of aromatic nitrogens is 1. The summed E-state index contributed by atoms with van der Waals surface area (Å²) >= 11 is 1.29. The fraction of sp³-hybridized carbons (Fsp3) is 0. The summed E-state index contributed by atoms with van der Waals surface area (Å²) in [5, 5.41) is 20.2. The van der Waals surface area contributed by atoms with Crippen LogP contribution in [-0.4, -0.2) is 5.11 Å². The zero-order valence-corrected chi connectivity index (χ0v) is 11.3. The highest BCUT2D eigenvalue weighted by Gasteiger charge is 2.28. The summed E-state index contributed by atoms with van der Waals surface area (Å²) in [6.45, 7) is 0. The highest BCUT2D eigenvalue weighted by molar-refractivity contribution is 7.15. The van der Waals surface area contributed by atoms with Crippen molar-refractivity contribution in [3.8, 4) is 28.1 Å². The lowest BCUT2D eigenvalue weighted by molar-refractivity contribution is -0.600. The van der Waals surface area contributed by atoms with Crippen LogP contribution in [0.25, 0.3) is 16.1 Å². The molecule has 0 unspecified atom stereocenters. The fourth-order valence-electron chi connectivity index (χ4n) is 2.05. The van der Waals surface area contributed by atoms with Gasteiger partial charge in [0.2, 0.25) is 5.69 Å². The van der Waals surface area contributed by atoms with Crippen LogP contribution >= 0.6 is 11.3 Å². The van der Waals surface area contributed by atoms with Gasteiger partial charge in [-0.15, -0.1) is 4.57 Å². The van der Waals surface area contributed by atoms with Gasteiger partial charge in [-0.1, -0.05) is 48.5 Å². The van der Waals surface area contributed by atoms with Gasteiger partial charge in [0.1, 0.15) is 0 Å². The number of nitriles is 1. The van der Waals surface area contributed by atoms with Crippen molar-refractivity contribution in [2.75, 3.05) is 0 Å². The van der Waals surface area contributed by atoms with E-state index in [2.05, 4.69) is 6.07 Å². The molecule has 20 heavy (non-hydrogen) atoms. The molecule has 1 aromatic heterocycles. The van der Waals surface area contributed by atoms with E-state index in [4.69, 9.17) is 0 Å². The summed E-state index contributed by atoms with van der Waals surface area (Å²) in [6, 6.07) is 21.1. The van der Waals surface area contributed by atoms with Crippen LogP contribution in [0.4, 0.5) is 0 Å². The van der Waals surface area contributed by atoms with Crippen molar-refractivity contribution >= 4 is 11.3 Å². The van der Waals surface area contributed by atoms with Crippen LogP contribution in [0.15, 0.2) is 60.7 Å². The van der Waals surface area contributed by atoms with E-state index in [1.165, 1.54) is 11.3 Å². The Morgan fingerprint density at radius 2 is 1.55 bits per heavy atom. The maximum Gasteiger partial charge on any atom is 0.391 e. The second-order valence-corrected chi connectivity index (χ2v) is 5.21. The van der Waals surface area contributed by atoms with Gasteiger partial charge in [-0.25, -0.2) is 0 Å². The van der Waals surface area contributed by atoms with E-state index in [1.807, 2.05) is 60.7 Å². The standard InChI is InChI=1S/C16H10N2OS/c17-11-14-18(13-9-5-2-6-10-13)16(19)15(20-14)12-7-3-1-4-8-12/h1-10H/p+1. The van der Waals surface area contributed by atoms with Crippen LogP contribution in [-0.2, 0) is 0 Å². The minimum atomic E-state index is 0.101. The molecule has 0 atom stereocenters. The van der Waals surface area contributed by atoms with Crippen molar-refractivity contribution in [3.05, 3.63) is 65.7 Å². The third-order valence-corrected chi connectivity index (χ3v) is 4.05. The molecule has 0 spiro atoms. The van der Waals surface area contributed by atoms with Gasteiger partial charge >= 0.3 is 10.9 Å². The van der Waals surface area contributed by atoms with Gasteiger partial charge in [-0.3, -0.25) is 0 Å². The normalized spacial score (nSPS) is 10.2. The van der Waals surface area contributed by atoms with Gasteiger partial charge in [0, 0.05) is 17.7 Å². The molecule has 96 valence electrons. The topological polar surface area (TPSA) is 47.9 Å². The average Bonchev–Trinajstić information content (AvgIpc) is 2.86. The predicted octanol–water partition coefficient (Wildman–Crippen LogP) is 3.27. The van der Waals surface area contributed by atoms with E-state index in [9.17, 15) is 10.4 Å². The summed E-state index contributed by atoms with van der Waals surface area (Å²) in [6.07, 6.45) is 0. The molecule has 0 amide bonds. The first-order valence-corrected chi connectivity index (χ1v) is 6.91. The highest BCUT2D eigenvalue weighted by atomic mass is 32.1. The summed E-state index contributed by atoms with van der Waals surface area (Å²) in [4.78, 5) is 0.700. The van der Waals surface area contributed by atoms with Crippen molar-refractivity contribution in [1.29, 1.82) is 5.26 Å². The molecule has 1 N–H and O–H groups in total. The number of nitrogens with zero attached hydrogens (tertiary/aromatic N) is 2. The molecule has 0 aliphatic heterocycles. The molecule has 2 aromatic carbocycles. The van der Waals surface area contributed by atoms with E-state index in [-0.39, 0.29) is 5.88 Å². The Bertz CT molecular complexity index is 773. The number of benzene rings is 2. The van der Waals surface area contributed by atoms with E-state index in [1.54, 1.807) is 4.57 Å². The third-order valence-electron chi connectivity index (χ3n) is 2.96. The Morgan fingerprint density at radius 3 is 2.15 bits per heavy atom. The van der Waals surface area contributed by atoms with E-state index < -0.39 is 0 Å². The molecule has 0 saturated carbocycles. The zero-order valence-electron chi connectivity index (χ0n) is 10.5. The first-order chi connectivity index (χ1) is 9.81. The van der Waals surface area contributed by atoms with Gasteiger partial charge in [-0.05, 0) is 11.3 Å². The first kappa shape index (κ1) is 12.4. The number of aromatic hydroxyl groups is 1. The molecule has 0 aliphatic carbocycles. The van der Waals surface area contributed by atoms with Crippen LogP contribution in [0, 0.1) is 11.3 Å². The maximum absolute atomic E-state index is 10.5. The van der Waals surface area contributed by atoms with Crippen LogP contribution < -0.4 is 4.57 Å². The maximum atomic E-state index is 10.5. The summed E-state index contributed by atoms with van der Waals surface area (Å²) in [7, 11) is 0. The van der Waals surface area contributed by atoms with Crippen LogP contribution in [0.1, 0.15) is 5.01 Å². The Labute approximate surface area is 120 Å². The molecule has 0 radical (unpaired) electrons. The van der Waals surface area contributed by atoms with Gasteiger partial charge < -0.3 is 5.11 Å². The summed E-state index contributed by atoms with van der Waals surface area (Å²) in [5.74, 6) is 0.101. The molecular weight excluding hydrogens is 268 g/mol. The van der Waals surface area contributed by atoms with Crippen molar-refractivity contribution in [3.63, 3.8) is 0 Å². The lowest BCUT2D eigenvalue weighted by atomic mass is 10.2. The number of thiazole rings is 1. The quantitative estimate of drug-likeness (QED) is 0.732. The Hall–Kier alpha value is -2.64. The van der Waals surface area contributed by atoms with Crippen LogP contribution in [0.3, 0.4) is 0 Å². The van der Waals surface area contributed by atoms with Crippen molar-refractivity contribution < 1.29 is 9.67 Å². The Kier molecular flexibility index (Phi) is 3.20. The Balaban J connectivity index is 2.23. The monoisotopic (exact) mass is 279 g/mol. The molecule has 0 fully saturated rings. The van der Waals surface area contributed by atoms with E-state index in [0.29, 0.717) is 9.88 Å². The number of rotatable bonds is 2. The minimum absolute atomic E-state index is 0.101. The van der Waals surface area contributed by atoms with Crippen LogP contribution in [0.2, 0.25) is 0 Å². The molecule has 3 aromatic rings. The zero-order chi connectivity index (χ0) is 13.9. The summed E-state index contributed by atoms with van der Waals surface area (Å²) in [5.41, 5.74) is 1.68. The molecule has 0 aliphatic rings. The van der Waals surface area contributed by atoms with Crippen molar-refractivity contribution in [1.82, 2.24) is 0 Å². The largest absolute Gasteiger partial charge is 0.458 e. The SMILES string of the molecule is N#Cc1sc(-c2ccccc2)c(O)[n+]1-c1ccccc1. The smallest absolute Gasteiger partial charge is 0.391 e. The lowest BCUT2D eigenvalue weighted by Crippen LogP contribution is -2.31. The highest BCUT2D eigenvalue weighted by Crippen LogP contribution is 2.34. The van der Waals surface area contributed by atoms with Crippen molar-refractivity contribution in [2.45, 2.75) is 0 Å². The van der Waals surface area contributed by atoms with E-state index in [0.717, 1.165) is 11.3 Å². The fourth-order valence-corrected chi connectivity index (χ4v) is 3.01. The predicted molar refractivity (Wildman–Crippen MR) is 77.7 cm³/mol. The van der Waals surface area contributed by atoms with Gasteiger partial charge in [0.05, 0.1) is 0 Å². The lowest BCUT2D eigenvalue weighted by Gasteiger charge is -1.95. The van der Waals surface area contributed by atoms with Gasteiger partial charge in [0.25, 0.3) is 0 Å². The minimum Gasteiger partial charge on any atom is -0.458 e. The van der Waals surface area contributed by atoms with E-state index >= 15 is 0 Å². The summed E-state index contributed by atoms with van der Waals surface area (Å²) < 4.78 is 1.58. The molecule has 1 heterocycles. The second-order valence-electron chi connectivity index (χ2n) is 4.21. The van der Waals surface area contributed by atoms with Crippen LogP contribution in [0.5, 0.6) is 5.88 Å². The molecular formula is C16H11N2OS+. The van der Waals surface area contributed by atoms with Gasteiger partial charge in [-0.2, -0.15) is 5.26 Å².